The second kappa shape index (κ2) is 32.9. The number of nitrogens with zero attached hydrogens (tertiary/aromatic N) is 12. The summed E-state index contributed by atoms with van der Waals surface area (Å²) in [4.78, 5) is 138. The molecule has 12 rings (SSSR count). The number of hydrogen-bond acceptors (Lipinski definition) is 17. The van der Waals surface area contributed by atoms with E-state index in [1.807, 2.05) is 91.0 Å². The molecule has 0 atom stereocenters. The number of carbonyl (C=O) groups excluding carboxylic acids is 3. The summed E-state index contributed by atoms with van der Waals surface area (Å²) < 4.78 is 27.0. The summed E-state index contributed by atoms with van der Waals surface area (Å²) in [6.45, 7) is 5.50. The van der Waals surface area contributed by atoms with Crippen molar-refractivity contribution in [3.63, 3.8) is 0 Å². The Morgan fingerprint density at radius 1 is 0.505 bits per heavy atom. The molecule has 0 fully saturated rings. The minimum Gasteiger partial charge on any atom is -1.00 e. The summed E-state index contributed by atoms with van der Waals surface area (Å²) in [5.74, 6) is -2.72. The summed E-state index contributed by atoms with van der Waals surface area (Å²) in [6, 6.07) is 28.9. The Kier molecular flexibility index (Phi) is 26.6. The summed E-state index contributed by atoms with van der Waals surface area (Å²) >= 11 is 0. The van der Waals surface area contributed by atoms with Crippen molar-refractivity contribution >= 4 is 92.5 Å². The number of H-pyrrole nitrogens is 3. The zero-order valence-corrected chi connectivity index (χ0v) is 57.5. The largest absolute Gasteiger partial charge is 1.00 e. The molecule has 0 aliphatic carbocycles. The Labute approximate surface area is 583 Å². The monoisotopic (exact) mass is 1320 g/mol. The quantitative estimate of drug-likeness (QED) is 0.0260. The molecular weight excluding hydrogens is 1250 g/mol. The van der Waals surface area contributed by atoms with Gasteiger partial charge in [0.05, 0.1) is 46.1 Å². The van der Waals surface area contributed by atoms with Crippen LogP contribution in [0.15, 0.2) is 120 Å². The molecule has 489 valence electrons. The average molecular weight is 1330 g/mol. The number of rotatable bonds is 16. The van der Waals surface area contributed by atoms with Crippen LogP contribution in [-0.4, -0.2) is 141 Å². The van der Waals surface area contributed by atoms with E-state index in [4.69, 9.17) is 19.3 Å². The zero-order valence-electron chi connectivity index (χ0n) is 55.7. The summed E-state index contributed by atoms with van der Waals surface area (Å²) in [5, 5.41) is 19.2. The first kappa shape index (κ1) is 76.7. The first-order chi connectivity index (χ1) is 43.7. The van der Waals surface area contributed by atoms with Gasteiger partial charge >= 0.3 is 83.4 Å². The Morgan fingerprint density at radius 2 is 0.832 bits per heavy atom. The number of aliphatic hydroxyl groups excluding tert-OH is 2. The minimum absolute atomic E-state index is 0. The molecule has 0 unspecified atom stereocenters. The van der Waals surface area contributed by atoms with E-state index < -0.39 is 52.0 Å². The fourth-order valence-electron chi connectivity index (χ4n) is 10.9. The van der Waals surface area contributed by atoms with Crippen LogP contribution in [0.3, 0.4) is 0 Å². The molecule has 5 N–H and O–H groups in total. The predicted molar refractivity (Wildman–Crippen MR) is 345 cm³/mol. The molecule has 9 heterocycles. The third-order valence-electron chi connectivity index (χ3n) is 15.3. The molecule has 3 radical (unpaired) electrons. The van der Waals surface area contributed by atoms with Crippen LogP contribution < -0.4 is 94.6 Å². The van der Waals surface area contributed by atoms with E-state index in [-0.39, 0.29) is 157 Å². The Balaban J connectivity index is 0.000000297. The number of nitrogens with one attached hydrogen (secondary N) is 3. The van der Waals surface area contributed by atoms with E-state index in [9.17, 15) is 48.3 Å². The average Bonchev–Trinajstić information content (AvgIpc) is 1.59. The second-order valence-electron chi connectivity index (χ2n) is 21.0. The van der Waals surface area contributed by atoms with Crippen LogP contribution in [0.1, 0.15) is 62.7 Å². The van der Waals surface area contributed by atoms with E-state index in [1.54, 1.807) is 58.1 Å². The number of aromatic nitrogens is 15. The normalized spacial score (nSPS) is 10.8. The van der Waals surface area contributed by atoms with Crippen molar-refractivity contribution < 1.29 is 101 Å². The van der Waals surface area contributed by atoms with E-state index in [0.717, 1.165) is 55.8 Å². The molecule has 0 amide bonds. The molecule has 3 aromatic carbocycles. The number of fused-ring (bicyclic) bond motifs is 6. The van der Waals surface area contributed by atoms with E-state index in [1.165, 1.54) is 41.5 Å². The topological polar surface area (TPSA) is 352 Å². The first-order valence-electron chi connectivity index (χ1n) is 28.9. The molecule has 0 aliphatic heterocycles. The van der Waals surface area contributed by atoms with Crippen LogP contribution in [0, 0.1) is 0 Å². The number of halogens is 1. The molecule has 12 aromatic rings. The van der Waals surface area contributed by atoms with Gasteiger partial charge in [-0.05, 0) is 73.3 Å². The van der Waals surface area contributed by atoms with Gasteiger partial charge < -0.3 is 66.9 Å². The number of carbonyl (C=O) groups is 3. The van der Waals surface area contributed by atoms with Crippen molar-refractivity contribution in [1.82, 2.24) is 71.0 Å². The number of benzene rings is 3. The van der Waals surface area contributed by atoms with Crippen LogP contribution in [0.4, 0.5) is 0 Å². The second-order valence-corrected chi connectivity index (χ2v) is 21.0. The molecule has 95 heavy (non-hydrogen) atoms. The SMILES string of the molecule is CCOC(=O)C(C(=O)OCC)c1nc2c(c(=O)n(Cc3cc4ccccc4[nH]3)c(=O)n2C)n1C.CCOC(=O)Cc1nc2c(c(=O)n(Cc3cc4ccccc4[nH]3)c(=O)n2C)n1C.CO.Cn1c(CCO)nc2c1c(=O)n(Cc1cc3ccccc3[nH]1)c(=O)n2C.[B].[Cl-].[H-].[Li+].[Na+]. The summed E-state index contributed by atoms with van der Waals surface area (Å²) in [7, 11) is 10.5. The van der Waals surface area contributed by atoms with E-state index >= 15 is 0 Å². The fraction of sp³-hybridized carbons (Fsp3) is 0.323. The summed E-state index contributed by atoms with van der Waals surface area (Å²) in [5.41, 5.74) is 3.41. The van der Waals surface area contributed by atoms with Gasteiger partial charge in [-0.2, -0.15) is 0 Å². The van der Waals surface area contributed by atoms with Gasteiger partial charge in [-0.3, -0.25) is 56.2 Å². The number of aromatic amines is 3. The van der Waals surface area contributed by atoms with E-state index in [2.05, 4.69) is 29.9 Å². The number of esters is 3. The molecule has 33 heteroatoms. The Hall–Kier alpha value is -8.99. The third-order valence-corrected chi connectivity index (χ3v) is 15.3. The van der Waals surface area contributed by atoms with Crippen LogP contribution >= 0.6 is 0 Å². The molecule has 0 saturated heterocycles. The van der Waals surface area contributed by atoms with Crippen molar-refractivity contribution in [2.75, 3.05) is 33.5 Å². The standard InChI is InChI=1S/C23H25N5O6.C20H21N5O4.C18H19N5O3.CH4O.B.ClH.Li.Na.H/c1-5-33-21(30)16(22(31)34-6-2)18-25-19-17(26(18)3)20(29)28(23(32)27(19)4)12-14-11-13-9-7-8-10-15(13)24-14;1-4-29-16(26)10-15-22-18-17(23(15)2)19(27)25(20(28)24(18)3)11-13-9-12-7-5-6-8-14(12)21-13;1-21-14(7-8-24)20-16-15(21)17(25)23(18(26)22(16)2)10-12-9-11-5-3-4-6-13(11)19-12;1-2;;;;;/h7-11,16,24H,5-6,12H2,1-4H3;5-9,21H,4,10-11H2,1-3H3;3-6,9,19,24H,7-8,10H2,1-2H3;2H,1H3;;1H;;;/q;;;;;;2*+1;-1/p-1. The van der Waals surface area contributed by atoms with Crippen molar-refractivity contribution in [1.29, 1.82) is 0 Å². The van der Waals surface area contributed by atoms with Crippen molar-refractivity contribution in [2.45, 2.75) is 59.2 Å². The number of ether oxygens (including phenoxy) is 3. The Morgan fingerprint density at radius 3 is 1.18 bits per heavy atom. The smallest absolute Gasteiger partial charge is 1.00 e. The molecule has 9 aromatic heterocycles. The van der Waals surface area contributed by atoms with Crippen LogP contribution in [0.5, 0.6) is 0 Å². The zero-order chi connectivity index (χ0) is 65.7. The van der Waals surface area contributed by atoms with Gasteiger partial charge in [0, 0.05) is 97.9 Å². The molecule has 29 nitrogen and oxygen atoms in total. The number of para-hydroxylation sites is 3. The molecule has 0 saturated carbocycles. The first-order valence-corrected chi connectivity index (χ1v) is 28.9. The van der Waals surface area contributed by atoms with Gasteiger partial charge in [-0.1, -0.05) is 54.6 Å². The van der Waals surface area contributed by atoms with Crippen LogP contribution in [0.2, 0.25) is 0 Å². The number of hydrogen-bond donors (Lipinski definition) is 5. The van der Waals surface area contributed by atoms with Gasteiger partial charge in [0.2, 0.25) is 5.92 Å². The Bertz CT molecular complexity index is 5050. The van der Waals surface area contributed by atoms with Gasteiger partial charge in [0.1, 0.15) is 23.9 Å². The van der Waals surface area contributed by atoms with Crippen molar-refractivity contribution in [3.05, 3.63) is 188 Å². The van der Waals surface area contributed by atoms with Gasteiger partial charge in [-0.15, -0.1) is 0 Å². The maximum absolute atomic E-state index is 13.4. The van der Waals surface area contributed by atoms with Gasteiger partial charge in [0.15, 0.2) is 33.5 Å². The van der Waals surface area contributed by atoms with Crippen molar-refractivity contribution in [3.8, 4) is 0 Å². The molecular formula is C62H70BClLiN15NaO14. The predicted octanol–water partition coefficient (Wildman–Crippen LogP) is -6.91. The van der Waals surface area contributed by atoms with Crippen LogP contribution in [-0.2, 0) is 103 Å². The minimum atomic E-state index is -1.49. The van der Waals surface area contributed by atoms with Crippen LogP contribution in [0.25, 0.3) is 66.2 Å². The van der Waals surface area contributed by atoms with Gasteiger partial charge in [-0.25, -0.2) is 29.3 Å². The van der Waals surface area contributed by atoms with E-state index in [0.29, 0.717) is 34.9 Å². The number of imidazole rings is 3. The summed E-state index contributed by atoms with van der Waals surface area (Å²) in [6.07, 6.45) is 0.246. The molecule has 0 bridgehead atoms. The van der Waals surface area contributed by atoms with Gasteiger partial charge in [0.25, 0.3) is 16.7 Å². The number of aryl methyl sites for hydroxylation is 6. The molecule has 0 aliphatic rings. The van der Waals surface area contributed by atoms with Crippen molar-refractivity contribution in [2.24, 2.45) is 42.3 Å². The fourth-order valence-corrected chi connectivity index (χ4v) is 10.9. The maximum Gasteiger partial charge on any atom is 1.00 e. The maximum atomic E-state index is 13.4. The molecule has 0 spiro atoms. The third kappa shape index (κ3) is 15.2. The number of aliphatic hydroxyl groups is 2.